The number of aliphatic carboxylic acids is 1. The molecule has 0 aromatic carbocycles. The van der Waals surface area contributed by atoms with E-state index in [-0.39, 0.29) is 5.69 Å². The molecule has 21 heavy (non-hydrogen) atoms. The van der Waals surface area contributed by atoms with Gasteiger partial charge in [0.05, 0.1) is 19.8 Å². The van der Waals surface area contributed by atoms with Crippen LogP contribution in [0.5, 0.6) is 0 Å². The van der Waals surface area contributed by atoms with Crippen molar-refractivity contribution in [3.8, 4) is 0 Å². The van der Waals surface area contributed by atoms with Crippen LogP contribution in [0.3, 0.4) is 0 Å². The Kier molecular flexibility index (Phi) is 5.66. The molecule has 1 atom stereocenters. The van der Waals surface area contributed by atoms with Crippen molar-refractivity contribution in [2.45, 2.75) is 25.9 Å². The van der Waals surface area contributed by atoms with Crippen LogP contribution in [0.15, 0.2) is 5.38 Å². The lowest BCUT2D eigenvalue weighted by Crippen LogP contribution is -2.40. The van der Waals surface area contributed by atoms with Gasteiger partial charge < -0.3 is 15.2 Å². The smallest absolute Gasteiger partial charge is 0.326 e. The topological polar surface area (TPSA) is 91.8 Å². The Morgan fingerprint density at radius 1 is 1.52 bits per heavy atom. The Hall–Kier alpha value is -1.51. The van der Waals surface area contributed by atoms with Crippen LogP contribution >= 0.6 is 11.3 Å². The number of thiazole rings is 1. The van der Waals surface area contributed by atoms with E-state index in [0.717, 1.165) is 31.3 Å². The van der Waals surface area contributed by atoms with Gasteiger partial charge in [-0.2, -0.15) is 0 Å². The lowest BCUT2D eigenvalue weighted by Gasteiger charge is -2.25. The third-order valence-electron chi connectivity index (χ3n) is 3.26. The van der Waals surface area contributed by atoms with E-state index < -0.39 is 17.9 Å². The molecule has 1 amide bonds. The molecule has 1 unspecified atom stereocenters. The van der Waals surface area contributed by atoms with Gasteiger partial charge in [0.1, 0.15) is 16.7 Å². The number of aromatic nitrogens is 1. The first-order valence-corrected chi connectivity index (χ1v) is 7.76. The molecule has 0 radical (unpaired) electrons. The molecule has 8 heteroatoms. The fraction of sp³-hybridized carbons (Fsp3) is 0.615. The van der Waals surface area contributed by atoms with E-state index in [1.165, 1.54) is 11.3 Å². The summed E-state index contributed by atoms with van der Waals surface area (Å²) in [5.74, 6) is -1.47. The van der Waals surface area contributed by atoms with Gasteiger partial charge in [-0.25, -0.2) is 9.78 Å². The van der Waals surface area contributed by atoms with Crippen molar-refractivity contribution < 1.29 is 19.4 Å². The average Bonchev–Trinajstić information content (AvgIpc) is 2.94. The molecule has 0 saturated carbocycles. The van der Waals surface area contributed by atoms with Gasteiger partial charge in [0.25, 0.3) is 5.91 Å². The van der Waals surface area contributed by atoms with Crippen molar-refractivity contribution in [3.05, 3.63) is 16.1 Å². The SMILES string of the molecule is CCC(NC(=O)c1csc(CN2CCOCC2)n1)C(=O)O. The van der Waals surface area contributed by atoms with Gasteiger partial charge in [-0.15, -0.1) is 11.3 Å². The highest BCUT2D eigenvalue weighted by Gasteiger charge is 2.20. The van der Waals surface area contributed by atoms with Gasteiger partial charge in [0, 0.05) is 18.5 Å². The van der Waals surface area contributed by atoms with E-state index in [1.807, 2.05) is 0 Å². The Labute approximate surface area is 126 Å². The van der Waals surface area contributed by atoms with Crippen LogP contribution in [0.25, 0.3) is 0 Å². The Morgan fingerprint density at radius 2 is 2.24 bits per heavy atom. The van der Waals surface area contributed by atoms with Gasteiger partial charge in [-0.3, -0.25) is 9.69 Å². The predicted octanol–water partition coefficient (Wildman–Crippen LogP) is 0.568. The highest BCUT2D eigenvalue weighted by atomic mass is 32.1. The molecule has 0 bridgehead atoms. The van der Waals surface area contributed by atoms with Crippen LogP contribution < -0.4 is 5.32 Å². The number of rotatable bonds is 6. The lowest BCUT2D eigenvalue weighted by atomic mass is 10.2. The normalized spacial score (nSPS) is 17.4. The van der Waals surface area contributed by atoms with Gasteiger partial charge >= 0.3 is 5.97 Å². The minimum absolute atomic E-state index is 0.281. The highest BCUT2D eigenvalue weighted by Crippen LogP contribution is 2.13. The Balaban J connectivity index is 1.92. The van der Waals surface area contributed by atoms with Crippen LogP contribution in [0, 0.1) is 0 Å². The summed E-state index contributed by atoms with van der Waals surface area (Å²) >= 11 is 1.41. The number of carbonyl (C=O) groups excluding carboxylic acids is 1. The number of nitrogens with one attached hydrogen (secondary N) is 1. The van der Waals surface area contributed by atoms with Gasteiger partial charge in [0.2, 0.25) is 0 Å². The van der Waals surface area contributed by atoms with E-state index in [4.69, 9.17) is 9.84 Å². The molecule has 1 fully saturated rings. The van der Waals surface area contributed by atoms with Crippen molar-refractivity contribution in [2.75, 3.05) is 26.3 Å². The maximum atomic E-state index is 12.0. The number of hydrogen-bond donors (Lipinski definition) is 2. The number of nitrogens with zero attached hydrogens (tertiary/aromatic N) is 2. The third-order valence-corrected chi connectivity index (χ3v) is 4.09. The minimum Gasteiger partial charge on any atom is -0.480 e. The molecule has 2 N–H and O–H groups in total. The van der Waals surface area contributed by atoms with Crippen LogP contribution in [0.4, 0.5) is 0 Å². The Bertz CT molecular complexity index is 499. The zero-order chi connectivity index (χ0) is 15.2. The molecular formula is C13H19N3O4S. The molecule has 7 nitrogen and oxygen atoms in total. The minimum atomic E-state index is -1.03. The highest BCUT2D eigenvalue weighted by molar-refractivity contribution is 7.09. The molecule has 1 aliphatic heterocycles. The molecule has 1 aromatic rings. The quantitative estimate of drug-likeness (QED) is 0.798. The maximum Gasteiger partial charge on any atom is 0.326 e. The van der Waals surface area contributed by atoms with Crippen LogP contribution in [-0.2, 0) is 16.1 Å². The number of morpholine rings is 1. The van der Waals surface area contributed by atoms with Gasteiger partial charge in [0.15, 0.2) is 0 Å². The second-order valence-electron chi connectivity index (χ2n) is 4.79. The summed E-state index contributed by atoms with van der Waals surface area (Å²) in [4.78, 5) is 29.4. The largest absolute Gasteiger partial charge is 0.480 e. The van der Waals surface area contributed by atoms with Crippen molar-refractivity contribution in [3.63, 3.8) is 0 Å². The van der Waals surface area contributed by atoms with Crippen LogP contribution in [-0.4, -0.2) is 59.2 Å². The van der Waals surface area contributed by atoms with Crippen molar-refractivity contribution in [2.24, 2.45) is 0 Å². The number of carbonyl (C=O) groups is 2. The summed E-state index contributed by atoms with van der Waals surface area (Å²) in [6.07, 6.45) is 0.339. The van der Waals surface area contributed by atoms with E-state index in [2.05, 4.69) is 15.2 Å². The zero-order valence-corrected chi connectivity index (χ0v) is 12.7. The third kappa shape index (κ3) is 4.48. The fourth-order valence-electron chi connectivity index (χ4n) is 2.01. The molecule has 1 aromatic heterocycles. The summed E-state index contributed by atoms with van der Waals surface area (Å²) in [7, 11) is 0. The first-order chi connectivity index (χ1) is 10.1. The van der Waals surface area contributed by atoms with Crippen molar-refractivity contribution in [1.29, 1.82) is 0 Å². The van der Waals surface area contributed by atoms with Crippen molar-refractivity contribution in [1.82, 2.24) is 15.2 Å². The molecule has 0 aliphatic carbocycles. The van der Waals surface area contributed by atoms with E-state index in [9.17, 15) is 9.59 Å². The number of ether oxygens (including phenoxy) is 1. The number of carboxylic acids is 1. The van der Waals surface area contributed by atoms with E-state index >= 15 is 0 Å². The second kappa shape index (κ2) is 7.48. The summed E-state index contributed by atoms with van der Waals surface area (Å²) in [6.45, 7) is 5.56. The molecule has 2 heterocycles. The molecular weight excluding hydrogens is 294 g/mol. The van der Waals surface area contributed by atoms with Crippen LogP contribution in [0.1, 0.15) is 28.8 Å². The summed E-state index contributed by atoms with van der Waals surface area (Å²) in [5.41, 5.74) is 0.281. The molecule has 1 aliphatic rings. The number of amides is 1. The summed E-state index contributed by atoms with van der Waals surface area (Å²) < 4.78 is 5.28. The number of hydrogen-bond acceptors (Lipinski definition) is 6. The number of carboxylic acid groups (broad SMARTS) is 1. The monoisotopic (exact) mass is 313 g/mol. The van der Waals surface area contributed by atoms with E-state index in [1.54, 1.807) is 12.3 Å². The molecule has 0 spiro atoms. The summed E-state index contributed by atoms with van der Waals surface area (Å²) in [5, 5.41) is 13.9. The van der Waals surface area contributed by atoms with E-state index in [0.29, 0.717) is 13.0 Å². The predicted molar refractivity (Wildman–Crippen MR) is 77.4 cm³/mol. The molecule has 1 saturated heterocycles. The van der Waals surface area contributed by atoms with Gasteiger partial charge in [-0.05, 0) is 6.42 Å². The Morgan fingerprint density at radius 3 is 2.86 bits per heavy atom. The van der Waals surface area contributed by atoms with Gasteiger partial charge in [-0.1, -0.05) is 6.92 Å². The lowest BCUT2D eigenvalue weighted by molar-refractivity contribution is -0.139. The average molecular weight is 313 g/mol. The first kappa shape index (κ1) is 15.9. The first-order valence-electron chi connectivity index (χ1n) is 6.88. The molecule has 2 rings (SSSR count). The van der Waals surface area contributed by atoms with Crippen molar-refractivity contribution >= 4 is 23.2 Å². The maximum absolute atomic E-state index is 12.0. The standard InChI is InChI=1S/C13H19N3O4S/c1-2-9(13(18)19)15-12(17)10-8-21-11(14-10)7-16-3-5-20-6-4-16/h8-9H,2-7H2,1H3,(H,15,17)(H,18,19). The summed E-state index contributed by atoms with van der Waals surface area (Å²) in [6, 6.07) is -0.873. The second-order valence-corrected chi connectivity index (χ2v) is 5.73. The zero-order valence-electron chi connectivity index (χ0n) is 11.9. The fourth-order valence-corrected chi connectivity index (χ4v) is 2.82. The van der Waals surface area contributed by atoms with Crippen LogP contribution in [0.2, 0.25) is 0 Å². The molecule has 116 valence electrons.